The van der Waals surface area contributed by atoms with Crippen LogP contribution in [0.5, 0.6) is 5.75 Å². The van der Waals surface area contributed by atoms with Crippen LogP contribution >= 0.6 is 11.6 Å². The van der Waals surface area contributed by atoms with E-state index in [1.54, 1.807) is 32.0 Å². The third-order valence-corrected chi connectivity index (χ3v) is 8.05. The van der Waals surface area contributed by atoms with Gasteiger partial charge in [-0.3, -0.25) is 13.9 Å². The SMILES string of the molecule is CCNC(=O)[C@@H](C)N(CCc1ccccc1)C(=O)CN(c1cccc(Cl)c1)S(=O)(=O)c1ccc(OC)cc1. The number of sulfonamides is 1. The van der Waals surface area contributed by atoms with E-state index >= 15 is 0 Å². The Kier molecular flexibility index (Phi) is 10.2. The second kappa shape index (κ2) is 13.3. The number of benzene rings is 3. The molecule has 0 saturated heterocycles. The fourth-order valence-electron chi connectivity index (χ4n) is 3.93. The summed E-state index contributed by atoms with van der Waals surface area (Å²) in [4.78, 5) is 27.9. The third kappa shape index (κ3) is 7.26. The van der Waals surface area contributed by atoms with Crippen LogP contribution in [-0.2, 0) is 26.0 Å². The monoisotopic (exact) mass is 557 g/mol. The predicted molar refractivity (Wildman–Crippen MR) is 149 cm³/mol. The lowest BCUT2D eigenvalue weighted by atomic mass is 10.1. The van der Waals surface area contributed by atoms with Crippen molar-refractivity contribution < 1.29 is 22.7 Å². The highest BCUT2D eigenvalue weighted by Crippen LogP contribution is 2.27. The molecule has 0 fully saturated rings. The number of carbonyl (C=O) groups is 2. The van der Waals surface area contributed by atoms with E-state index in [-0.39, 0.29) is 23.0 Å². The van der Waals surface area contributed by atoms with Gasteiger partial charge in [0, 0.05) is 18.1 Å². The lowest BCUT2D eigenvalue weighted by Gasteiger charge is -2.32. The Hall–Kier alpha value is -3.56. The molecule has 10 heteroatoms. The largest absolute Gasteiger partial charge is 0.497 e. The predicted octanol–water partition coefficient (Wildman–Crippen LogP) is 4.14. The number of anilines is 1. The van der Waals surface area contributed by atoms with Gasteiger partial charge in [-0.1, -0.05) is 48.0 Å². The first-order valence-electron chi connectivity index (χ1n) is 12.2. The number of halogens is 1. The van der Waals surface area contributed by atoms with Gasteiger partial charge in [-0.2, -0.15) is 0 Å². The van der Waals surface area contributed by atoms with Crippen molar-refractivity contribution in [2.75, 3.05) is 31.0 Å². The molecule has 2 amide bonds. The average Bonchev–Trinajstić information content (AvgIpc) is 2.92. The standard InChI is InChI=1S/C28H32ClN3O5S/c1-4-30-28(34)21(2)31(18-17-22-9-6-5-7-10-22)27(33)20-32(24-12-8-11-23(29)19-24)38(35,36)26-15-13-25(37-3)14-16-26/h5-16,19,21H,4,17-18,20H2,1-3H3,(H,30,34)/t21-/m1/s1. The van der Waals surface area contributed by atoms with Gasteiger partial charge in [0.2, 0.25) is 11.8 Å². The molecule has 0 aliphatic rings. The van der Waals surface area contributed by atoms with Crippen LogP contribution in [0.2, 0.25) is 5.02 Å². The second-order valence-corrected chi connectivity index (χ2v) is 10.9. The summed E-state index contributed by atoms with van der Waals surface area (Å²) in [7, 11) is -2.69. The van der Waals surface area contributed by atoms with E-state index in [2.05, 4.69) is 5.32 Å². The molecule has 0 aromatic heterocycles. The number of rotatable bonds is 12. The van der Waals surface area contributed by atoms with Gasteiger partial charge in [-0.05, 0) is 68.3 Å². The number of likely N-dealkylation sites (N-methyl/N-ethyl adjacent to an activating group) is 1. The Morgan fingerprint density at radius 3 is 2.29 bits per heavy atom. The molecule has 0 heterocycles. The fraction of sp³-hybridized carbons (Fsp3) is 0.286. The van der Waals surface area contributed by atoms with Crippen molar-refractivity contribution in [1.29, 1.82) is 0 Å². The van der Waals surface area contributed by atoms with Crippen LogP contribution < -0.4 is 14.4 Å². The van der Waals surface area contributed by atoms with Crippen molar-refractivity contribution in [3.63, 3.8) is 0 Å². The number of hydrogen-bond donors (Lipinski definition) is 1. The molecule has 0 aliphatic heterocycles. The maximum absolute atomic E-state index is 13.8. The number of methoxy groups -OCH3 is 1. The maximum Gasteiger partial charge on any atom is 0.264 e. The first-order chi connectivity index (χ1) is 18.2. The Labute approximate surface area is 229 Å². The second-order valence-electron chi connectivity index (χ2n) is 8.56. The topological polar surface area (TPSA) is 96.0 Å². The number of hydrogen-bond acceptors (Lipinski definition) is 5. The van der Waals surface area contributed by atoms with Crippen molar-refractivity contribution in [3.05, 3.63) is 89.4 Å². The number of amides is 2. The van der Waals surface area contributed by atoms with E-state index in [0.717, 1.165) is 9.87 Å². The lowest BCUT2D eigenvalue weighted by molar-refractivity contribution is -0.138. The normalized spacial score (nSPS) is 11.9. The molecule has 0 bridgehead atoms. The molecule has 8 nitrogen and oxygen atoms in total. The minimum atomic E-state index is -4.18. The van der Waals surface area contributed by atoms with Crippen molar-refractivity contribution in [1.82, 2.24) is 10.2 Å². The summed E-state index contributed by atoms with van der Waals surface area (Å²) in [6.07, 6.45) is 0.499. The van der Waals surface area contributed by atoms with E-state index in [1.165, 1.54) is 42.3 Å². The van der Waals surface area contributed by atoms with Crippen LogP contribution in [-0.4, -0.2) is 57.9 Å². The Morgan fingerprint density at radius 2 is 1.68 bits per heavy atom. The van der Waals surface area contributed by atoms with Gasteiger partial charge in [0.1, 0.15) is 18.3 Å². The first-order valence-corrected chi connectivity index (χ1v) is 14.0. The Morgan fingerprint density at radius 1 is 1.00 bits per heavy atom. The van der Waals surface area contributed by atoms with Crippen LogP contribution in [0.4, 0.5) is 5.69 Å². The molecular formula is C28H32ClN3O5S. The molecule has 202 valence electrons. The number of carbonyl (C=O) groups excluding carboxylic acids is 2. The molecular weight excluding hydrogens is 526 g/mol. The summed E-state index contributed by atoms with van der Waals surface area (Å²) in [5.41, 5.74) is 1.22. The molecule has 1 N–H and O–H groups in total. The van der Waals surface area contributed by atoms with Gasteiger partial charge in [0.25, 0.3) is 10.0 Å². The molecule has 0 unspecified atom stereocenters. The summed E-state index contributed by atoms with van der Waals surface area (Å²) < 4.78 is 33.7. The fourth-order valence-corrected chi connectivity index (χ4v) is 5.52. The van der Waals surface area contributed by atoms with Gasteiger partial charge in [-0.25, -0.2) is 8.42 Å². The van der Waals surface area contributed by atoms with Gasteiger partial charge < -0.3 is 15.0 Å². The maximum atomic E-state index is 13.8. The summed E-state index contributed by atoms with van der Waals surface area (Å²) in [5, 5.41) is 3.07. The van der Waals surface area contributed by atoms with Crippen LogP contribution in [0.15, 0.2) is 83.8 Å². The summed E-state index contributed by atoms with van der Waals surface area (Å²) in [6.45, 7) is 3.55. The molecule has 0 saturated carbocycles. The first kappa shape index (κ1) is 29.0. The van der Waals surface area contributed by atoms with Gasteiger partial charge in [0.15, 0.2) is 0 Å². The molecule has 3 aromatic rings. The molecule has 3 aromatic carbocycles. The van der Waals surface area contributed by atoms with E-state index in [1.807, 2.05) is 30.3 Å². The summed E-state index contributed by atoms with van der Waals surface area (Å²) >= 11 is 6.18. The number of nitrogens with zero attached hydrogens (tertiary/aromatic N) is 2. The number of ether oxygens (including phenoxy) is 1. The molecule has 0 aliphatic carbocycles. The minimum Gasteiger partial charge on any atom is -0.497 e. The summed E-state index contributed by atoms with van der Waals surface area (Å²) in [6, 6.07) is 21.0. The molecule has 1 atom stereocenters. The zero-order chi connectivity index (χ0) is 27.7. The zero-order valence-corrected chi connectivity index (χ0v) is 23.2. The van der Waals surface area contributed by atoms with Gasteiger partial charge >= 0.3 is 0 Å². The van der Waals surface area contributed by atoms with Crippen LogP contribution in [0.1, 0.15) is 19.4 Å². The quantitative estimate of drug-likeness (QED) is 0.361. The third-order valence-electron chi connectivity index (χ3n) is 6.02. The molecule has 38 heavy (non-hydrogen) atoms. The Bertz CT molecular complexity index is 1330. The number of nitrogens with one attached hydrogen (secondary N) is 1. The molecule has 3 rings (SSSR count). The van der Waals surface area contributed by atoms with Crippen LogP contribution in [0.3, 0.4) is 0 Å². The Balaban J connectivity index is 1.97. The highest BCUT2D eigenvalue weighted by atomic mass is 35.5. The van der Waals surface area contributed by atoms with Gasteiger partial charge in [-0.15, -0.1) is 0 Å². The van der Waals surface area contributed by atoms with Crippen LogP contribution in [0, 0.1) is 0 Å². The lowest BCUT2D eigenvalue weighted by Crippen LogP contribution is -2.52. The van der Waals surface area contributed by atoms with E-state index < -0.39 is 28.5 Å². The van der Waals surface area contributed by atoms with E-state index in [0.29, 0.717) is 23.7 Å². The smallest absolute Gasteiger partial charge is 0.264 e. The molecule has 0 radical (unpaired) electrons. The zero-order valence-electron chi connectivity index (χ0n) is 21.6. The van der Waals surface area contributed by atoms with Crippen molar-refractivity contribution in [2.24, 2.45) is 0 Å². The van der Waals surface area contributed by atoms with Crippen molar-refractivity contribution in [2.45, 2.75) is 31.2 Å². The van der Waals surface area contributed by atoms with Crippen LogP contribution in [0.25, 0.3) is 0 Å². The highest BCUT2D eigenvalue weighted by molar-refractivity contribution is 7.92. The average molecular weight is 558 g/mol. The van der Waals surface area contributed by atoms with E-state index in [9.17, 15) is 18.0 Å². The highest BCUT2D eigenvalue weighted by Gasteiger charge is 2.32. The van der Waals surface area contributed by atoms with Crippen molar-refractivity contribution >= 4 is 39.1 Å². The molecule has 0 spiro atoms. The summed E-state index contributed by atoms with van der Waals surface area (Å²) in [5.74, 6) is -0.338. The van der Waals surface area contributed by atoms with Gasteiger partial charge in [0.05, 0.1) is 17.7 Å². The van der Waals surface area contributed by atoms with Crippen molar-refractivity contribution in [3.8, 4) is 5.75 Å². The van der Waals surface area contributed by atoms with E-state index in [4.69, 9.17) is 16.3 Å². The minimum absolute atomic E-state index is 0.0151.